The fraction of sp³-hybridized carbons (Fsp3) is 0.556. The van der Waals surface area contributed by atoms with E-state index in [-0.39, 0.29) is 6.09 Å². The summed E-state index contributed by atoms with van der Waals surface area (Å²) < 4.78 is 12.8. The molecule has 2 aliphatic rings. The van der Waals surface area contributed by atoms with Crippen LogP contribution in [0.3, 0.4) is 0 Å². The van der Waals surface area contributed by atoms with Gasteiger partial charge < -0.3 is 24.6 Å². The predicted octanol–water partition coefficient (Wildman–Crippen LogP) is 3.47. The first-order valence-electron chi connectivity index (χ1n) is 13.0. The number of carbonyl (C=O) groups excluding carboxylic acids is 1. The van der Waals surface area contributed by atoms with Crippen LogP contribution in [0.5, 0.6) is 5.88 Å². The third-order valence-electron chi connectivity index (χ3n) is 6.34. The molecule has 0 radical (unpaired) electrons. The van der Waals surface area contributed by atoms with E-state index in [1.54, 1.807) is 12.0 Å². The van der Waals surface area contributed by atoms with Gasteiger partial charge in [-0.05, 0) is 65.1 Å². The van der Waals surface area contributed by atoms with Gasteiger partial charge in [0.05, 0.1) is 12.8 Å². The number of rotatable bonds is 4. The van der Waals surface area contributed by atoms with Gasteiger partial charge in [-0.2, -0.15) is 4.98 Å². The number of hydrogen-bond donors (Lipinski definition) is 1. The zero-order valence-corrected chi connectivity index (χ0v) is 22.7. The maximum Gasteiger partial charge on any atom is 0.410 e. The van der Waals surface area contributed by atoms with E-state index in [1.165, 1.54) is 36.9 Å². The normalized spacial score (nSPS) is 15.6. The van der Waals surface area contributed by atoms with E-state index in [0.29, 0.717) is 38.6 Å². The Morgan fingerprint density at radius 1 is 1.11 bits per heavy atom. The molecule has 1 N–H and O–H groups in total. The Morgan fingerprint density at radius 3 is 2.54 bits per heavy atom. The topological polar surface area (TPSA) is 97.1 Å². The van der Waals surface area contributed by atoms with Crippen LogP contribution >= 0.6 is 0 Å². The van der Waals surface area contributed by atoms with Crippen LogP contribution in [0, 0.1) is 0 Å². The lowest BCUT2D eigenvalue weighted by Crippen LogP contribution is -2.50. The molecule has 1 amide bonds. The molecule has 10 heteroatoms. The second kappa shape index (κ2) is 11.8. The Bertz CT molecular complexity index is 1170. The van der Waals surface area contributed by atoms with Crippen LogP contribution in [0.15, 0.2) is 30.6 Å². The second-order valence-electron chi connectivity index (χ2n) is 10.4. The molecule has 5 rings (SSSR count). The van der Waals surface area contributed by atoms with Gasteiger partial charge in [0, 0.05) is 56.9 Å². The molecule has 1 aliphatic heterocycles. The van der Waals surface area contributed by atoms with Gasteiger partial charge in [0.1, 0.15) is 11.2 Å². The number of carbonyl (C=O) groups is 1. The fourth-order valence-electron chi connectivity index (χ4n) is 4.54. The number of hydrogen-bond acceptors (Lipinski definition) is 8. The highest BCUT2D eigenvalue weighted by molar-refractivity contribution is 5.68. The van der Waals surface area contributed by atoms with Crippen LogP contribution in [-0.4, -0.2) is 76.3 Å². The lowest BCUT2D eigenvalue weighted by atomic mass is 9.96. The molecule has 4 heterocycles. The van der Waals surface area contributed by atoms with Gasteiger partial charge in [-0.1, -0.05) is 6.07 Å². The van der Waals surface area contributed by atoms with Crippen LogP contribution in [0.1, 0.15) is 50.6 Å². The summed E-state index contributed by atoms with van der Waals surface area (Å²) in [6.07, 6.45) is 8.70. The highest BCUT2D eigenvalue weighted by Crippen LogP contribution is 2.23. The average molecular weight is 510 g/mol. The van der Waals surface area contributed by atoms with Crippen LogP contribution in [0.2, 0.25) is 0 Å². The van der Waals surface area contributed by atoms with Gasteiger partial charge in [-0.25, -0.2) is 9.78 Å². The molecule has 3 aromatic heterocycles. The molecule has 200 valence electrons. The Balaban J connectivity index is 0.000000265. The molecule has 37 heavy (non-hydrogen) atoms. The number of imidazole rings is 1. The molecular weight excluding hydrogens is 470 g/mol. The number of methoxy groups -OCH3 is 1. The highest BCUT2D eigenvalue weighted by Gasteiger charge is 2.27. The number of aryl methyl sites for hydroxylation is 2. The molecular formula is C27H39N7O3. The van der Waals surface area contributed by atoms with E-state index in [4.69, 9.17) is 9.47 Å². The van der Waals surface area contributed by atoms with Gasteiger partial charge in [0.2, 0.25) is 11.8 Å². The molecule has 0 atom stereocenters. The number of nitrogens with zero attached hydrogens (tertiary/aromatic N) is 6. The summed E-state index contributed by atoms with van der Waals surface area (Å²) in [5, 5.41) is 3.11. The van der Waals surface area contributed by atoms with Crippen molar-refractivity contribution in [1.29, 1.82) is 0 Å². The minimum atomic E-state index is -0.491. The third-order valence-corrected chi connectivity index (χ3v) is 6.34. The van der Waals surface area contributed by atoms with Gasteiger partial charge in [-0.3, -0.25) is 9.38 Å². The SMILES string of the molecule is CNCc1cn2c(N3CCN(C(=O)OC(C)(C)C)CC3)nc(OC)cc2n1.c1cnc2c(c1)CCCC2. The molecule has 0 unspecified atom stereocenters. The molecule has 1 fully saturated rings. The molecule has 0 saturated carbocycles. The summed E-state index contributed by atoms with van der Waals surface area (Å²) in [6.45, 7) is 8.78. The lowest BCUT2D eigenvalue weighted by Gasteiger charge is -2.36. The first kappa shape index (κ1) is 26.7. The number of aromatic nitrogens is 4. The van der Waals surface area contributed by atoms with Crippen molar-refractivity contribution in [2.75, 3.05) is 45.2 Å². The van der Waals surface area contributed by atoms with Crippen LogP contribution in [0.4, 0.5) is 10.7 Å². The summed E-state index contributed by atoms with van der Waals surface area (Å²) >= 11 is 0. The van der Waals surface area contributed by atoms with Crippen molar-refractivity contribution in [2.24, 2.45) is 0 Å². The minimum Gasteiger partial charge on any atom is -0.481 e. The molecule has 3 aromatic rings. The third kappa shape index (κ3) is 6.88. The summed E-state index contributed by atoms with van der Waals surface area (Å²) in [6, 6.07) is 6.05. The number of piperazine rings is 1. The quantitative estimate of drug-likeness (QED) is 0.571. The summed E-state index contributed by atoms with van der Waals surface area (Å²) in [5.74, 6) is 1.29. The van der Waals surface area contributed by atoms with Crippen LogP contribution in [-0.2, 0) is 24.1 Å². The summed E-state index contributed by atoms with van der Waals surface area (Å²) in [7, 11) is 3.49. The Morgan fingerprint density at radius 2 is 1.86 bits per heavy atom. The van der Waals surface area contributed by atoms with Crippen molar-refractivity contribution in [3.63, 3.8) is 0 Å². The molecule has 0 bridgehead atoms. The smallest absolute Gasteiger partial charge is 0.410 e. The first-order valence-corrected chi connectivity index (χ1v) is 13.0. The van der Waals surface area contributed by atoms with Crippen LogP contribution < -0.4 is 15.0 Å². The summed E-state index contributed by atoms with van der Waals surface area (Å²) in [5.41, 5.74) is 4.02. The van der Waals surface area contributed by atoms with Gasteiger partial charge in [-0.15, -0.1) is 0 Å². The average Bonchev–Trinajstić information content (AvgIpc) is 3.30. The number of pyridine rings is 1. The number of amides is 1. The number of ether oxygens (including phenoxy) is 2. The second-order valence-corrected chi connectivity index (χ2v) is 10.4. The Hall–Kier alpha value is -3.40. The van der Waals surface area contributed by atoms with E-state index < -0.39 is 5.60 Å². The number of anilines is 1. The Labute approximate surface area is 219 Å². The number of fused-ring (bicyclic) bond motifs is 2. The zero-order valence-electron chi connectivity index (χ0n) is 22.7. The van der Waals surface area contributed by atoms with Gasteiger partial charge in [0.15, 0.2) is 0 Å². The summed E-state index contributed by atoms with van der Waals surface area (Å²) in [4.78, 5) is 29.7. The zero-order chi connectivity index (χ0) is 26.4. The minimum absolute atomic E-state index is 0.273. The molecule has 1 saturated heterocycles. The molecule has 1 aliphatic carbocycles. The van der Waals surface area contributed by atoms with Crippen molar-refractivity contribution in [1.82, 2.24) is 29.6 Å². The van der Waals surface area contributed by atoms with Gasteiger partial charge in [0.25, 0.3) is 0 Å². The highest BCUT2D eigenvalue weighted by atomic mass is 16.6. The van der Waals surface area contributed by atoms with E-state index in [2.05, 4.69) is 31.2 Å². The van der Waals surface area contributed by atoms with Gasteiger partial charge >= 0.3 is 6.09 Å². The molecule has 10 nitrogen and oxygen atoms in total. The lowest BCUT2D eigenvalue weighted by molar-refractivity contribution is 0.0240. The first-order chi connectivity index (χ1) is 17.8. The molecule has 0 spiro atoms. The van der Waals surface area contributed by atoms with E-state index in [1.807, 2.05) is 56.7 Å². The Kier molecular flexibility index (Phi) is 8.48. The largest absolute Gasteiger partial charge is 0.481 e. The van der Waals surface area contributed by atoms with Crippen molar-refractivity contribution in [3.05, 3.63) is 47.5 Å². The van der Waals surface area contributed by atoms with Crippen molar-refractivity contribution in [2.45, 2.75) is 58.6 Å². The maximum absolute atomic E-state index is 12.3. The van der Waals surface area contributed by atoms with Crippen molar-refractivity contribution >= 4 is 17.7 Å². The standard InChI is InChI=1S/C18H28N6O3.C9H11N/c1-18(2,3)27-17(25)23-8-6-22(7-9-23)16-21-15(26-5)10-14-20-13(11-19-4)12-24(14)16;1-2-6-9-8(4-1)5-3-7-10-9/h10,12,19H,6-9,11H2,1-5H3;3,5,7H,1-2,4,6H2. The number of nitrogens with one attached hydrogen (secondary N) is 1. The van der Waals surface area contributed by atoms with E-state index in [0.717, 1.165) is 17.3 Å². The van der Waals surface area contributed by atoms with Crippen molar-refractivity contribution in [3.8, 4) is 5.88 Å². The molecule has 0 aromatic carbocycles. The maximum atomic E-state index is 12.3. The van der Waals surface area contributed by atoms with Crippen molar-refractivity contribution < 1.29 is 14.3 Å². The van der Waals surface area contributed by atoms with E-state index >= 15 is 0 Å². The van der Waals surface area contributed by atoms with E-state index in [9.17, 15) is 4.79 Å². The fourth-order valence-corrected chi connectivity index (χ4v) is 4.54. The predicted molar refractivity (Wildman–Crippen MR) is 143 cm³/mol. The monoisotopic (exact) mass is 509 g/mol. The van der Waals surface area contributed by atoms with Crippen LogP contribution in [0.25, 0.3) is 5.65 Å².